The maximum atomic E-state index is 5.99. The van der Waals surface area contributed by atoms with Crippen LogP contribution in [0.25, 0.3) is 0 Å². The molecule has 0 spiro atoms. The van der Waals surface area contributed by atoms with Crippen LogP contribution in [-0.2, 0) is 6.42 Å². The predicted molar refractivity (Wildman–Crippen MR) is 68.1 cm³/mol. The second kappa shape index (κ2) is 6.47. The number of hydrogen-bond acceptors (Lipinski definition) is 0. The molecule has 0 aliphatic carbocycles. The van der Waals surface area contributed by atoms with E-state index in [1.807, 2.05) is 26.0 Å². The van der Waals surface area contributed by atoms with E-state index < -0.39 is 0 Å². The summed E-state index contributed by atoms with van der Waals surface area (Å²) in [5.41, 5.74) is 2.53. The summed E-state index contributed by atoms with van der Waals surface area (Å²) in [7, 11) is 0. The fourth-order valence-electron chi connectivity index (χ4n) is 1.25. The highest BCUT2D eigenvalue weighted by atomic mass is 35.5. The molecule has 0 saturated heterocycles. The highest BCUT2D eigenvalue weighted by molar-refractivity contribution is 6.31. The molecule has 0 atom stereocenters. The van der Waals surface area contributed by atoms with Crippen molar-refractivity contribution in [3.8, 4) is 0 Å². The van der Waals surface area contributed by atoms with Crippen molar-refractivity contribution in [1.29, 1.82) is 0 Å². The summed E-state index contributed by atoms with van der Waals surface area (Å²) in [4.78, 5) is 0. The molecule has 0 fully saturated rings. The molecular weight excluding hydrogens is 204 g/mol. The maximum Gasteiger partial charge on any atom is 0.0389 e. The van der Waals surface area contributed by atoms with Gasteiger partial charge in [-0.25, -0.2) is 0 Å². The average Bonchev–Trinajstić information content (AvgIpc) is 2.25. The van der Waals surface area contributed by atoms with Crippen LogP contribution in [0.15, 0.2) is 53.1 Å². The van der Waals surface area contributed by atoms with Gasteiger partial charge in [0.25, 0.3) is 0 Å². The first-order chi connectivity index (χ1) is 7.20. The van der Waals surface area contributed by atoms with Crippen molar-refractivity contribution in [2.75, 3.05) is 0 Å². The van der Waals surface area contributed by atoms with Gasteiger partial charge < -0.3 is 0 Å². The van der Waals surface area contributed by atoms with Crippen molar-refractivity contribution < 1.29 is 0 Å². The minimum absolute atomic E-state index is 0.850. The van der Waals surface area contributed by atoms with Gasteiger partial charge >= 0.3 is 0 Å². The van der Waals surface area contributed by atoms with Crippen molar-refractivity contribution in [3.05, 3.63) is 58.7 Å². The second-order valence-electron chi connectivity index (χ2n) is 3.77. The molecule has 0 unspecified atom stereocenters. The van der Waals surface area contributed by atoms with Gasteiger partial charge in [-0.2, -0.15) is 0 Å². The molecule has 1 rings (SSSR count). The van der Waals surface area contributed by atoms with Crippen LogP contribution in [0.1, 0.15) is 25.8 Å². The Balaban J connectivity index is 2.37. The average molecular weight is 221 g/mol. The lowest BCUT2D eigenvalue weighted by Crippen LogP contribution is -1.81. The Bertz CT molecular complexity index is 343. The van der Waals surface area contributed by atoms with E-state index in [1.165, 1.54) is 5.56 Å². The predicted octanol–water partition coefficient (Wildman–Crippen LogP) is 4.71. The zero-order chi connectivity index (χ0) is 11.1. The van der Waals surface area contributed by atoms with Crippen LogP contribution in [-0.4, -0.2) is 0 Å². The summed E-state index contributed by atoms with van der Waals surface area (Å²) < 4.78 is 0. The Labute approximate surface area is 97.3 Å². The summed E-state index contributed by atoms with van der Waals surface area (Å²) in [6.07, 6.45) is 6.22. The van der Waals surface area contributed by atoms with Crippen molar-refractivity contribution in [3.63, 3.8) is 0 Å². The number of allylic oxidation sites excluding steroid dienone is 4. The molecular formula is C14H17Cl. The lowest BCUT2D eigenvalue weighted by molar-refractivity contribution is 1.00. The van der Waals surface area contributed by atoms with Crippen LogP contribution in [0.4, 0.5) is 0 Å². The lowest BCUT2D eigenvalue weighted by atomic mass is 10.1. The third-order valence-corrected chi connectivity index (χ3v) is 2.69. The van der Waals surface area contributed by atoms with E-state index in [1.54, 1.807) is 0 Å². The van der Waals surface area contributed by atoms with E-state index in [0.717, 1.165) is 23.4 Å². The van der Waals surface area contributed by atoms with Crippen molar-refractivity contribution >= 4 is 11.6 Å². The highest BCUT2D eigenvalue weighted by Crippen LogP contribution is 2.11. The zero-order valence-electron chi connectivity index (χ0n) is 9.33. The van der Waals surface area contributed by atoms with Crippen LogP contribution in [0.2, 0.25) is 0 Å². The van der Waals surface area contributed by atoms with Gasteiger partial charge in [-0.1, -0.05) is 53.6 Å². The molecule has 0 amide bonds. The standard InChI is InChI=1S/C14H17Cl/c1-12(2)14(15)11-7-6-10-13-8-4-3-5-9-13/h3-5,7-9,11H,6,10H2,1-2H3/b11-7+. The fraction of sp³-hybridized carbons (Fsp3) is 0.286. The van der Waals surface area contributed by atoms with E-state index in [4.69, 9.17) is 11.6 Å². The number of hydrogen-bond donors (Lipinski definition) is 0. The molecule has 0 aliphatic heterocycles. The molecule has 0 heterocycles. The summed E-state index contributed by atoms with van der Waals surface area (Å²) in [5.74, 6) is 0. The van der Waals surface area contributed by atoms with Crippen LogP contribution in [0.5, 0.6) is 0 Å². The third-order valence-electron chi connectivity index (χ3n) is 2.18. The largest absolute Gasteiger partial charge is 0.0844 e. The molecule has 0 bridgehead atoms. The lowest BCUT2D eigenvalue weighted by Gasteiger charge is -1.97. The normalized spacial score (nSPS) is 10.6. The zero-order valence-corrected chi connectivity index (χ0v) is 10.1. The van der Waals surface area contributed by atoms with Gasteiger partial charge in [0.15, 0.2) is 0 Å². The molecule has 15 heavy (non-hydrogen) atoms. The Kier molecular flexibility index (Phi) is 5.20. The first kappa shape index (κ1) is 12.1. The first-order valence-electron chi connectivity index (χ1n) is 5.23. The van der Waals surface area contributed by atoms with Gasteiger partial charge in [-0.05, 0) is 38.3 Å². The summed E-state index contributed by atoms with van der Waals surface area (Å²) >= 11 is 5.99. The summed E-state index contributed by atoms with van der Waals surface area (Å²) in [6.45, 7) is 4.04. The Morgan fingerprint density at radius 1 is 1.20 bits per heavy atom. The number of halogens is 1. The van der Waals surface area contributed by atoms with Gasteiger partial charge in [-0.15, -0.1) is 0 Å². The van der Waals surface area contributed by atoms with Gasteiger partial charge in [0, 0.05) is 5.03 Å². The molecule has 0 aromatic heterocycles. The van der Waals surface area contributed by atoms with Gasteiger partial charge in [0.2, 0.25) is 0 Å². The molecule has 0 aliphatic rings. The van der Waals surface area contributed by atoms with Gasteiger partial charge in [0.1, 0.15) is 0 Å². The molecule has 0 nitrogen and oxygen atoms in total. The number of aryl methyl sites for hydroxylation is 1. The number of rotatable bonds is 4. The van der Waals surface area contributed by atoms with E-state index in [9.17, 15) is 0 Å². The topological polar surface area (TPSA) is 0 Å². The SMILES string of the molecule is CC(C)=C(Cl)/C=C/CCc1ccccc1. The number of benzene rings is 1. The Hall–Kier alpha value is -1.01. The Morgan fingerprint density at radius 2 is 1.87 bits per heavy atom. The smallest absolute Gasteiger partial charge is 0.0389 e. The molecule has 1 aromatic rings. The second-order valence-corrected chi connectivity index (χ2v) is 4.18. The van der Waals surface area contributed by atoms with Gasteiger partial charge in [0.05, 0.1) is 0 Å². The summed E-state index contributed by atoms with van der Waals surface area (Å²) in [6, 6.07) is 10.5. The van der Waals surface area contributed by atoms with Crippen molar-refractivity contribution in [1.82, 2.24) is 0 Å². The Morgan fingerprint density at radius 3 is 2.47 bits per heavy atom. The molecule has 0 saturated carbocycles. The molecule has 0 radical (unpaired) electrons. The van der Waals surface area contributed by atoms with Crippen LogP contribution in [0, 0.1) is 0 Å². The van der Waals surface area contributed by atoms with E-state index >= 15 is 0 Å². The first-order valence-corrected chi connectivity index (χ1v) is 5.61. The van der Waals surface area contributed by atoms with E-state index in [0.29, 0.717) is 0 Å². The van der Waals surface area contributed by atoms with Crippen LogP contribution in [0.3, 0.4) is 0 Å². The molecule has 0 N–H and O–H groups in total. The molecule has 1 aromatic carbocycles. The quantitative estimate of drug-likeness (QED) is 0.645. The highest BCUT2D eigenvalue weighted by Gasteiger charge is 1.90. The van der Waals surface area contributed by atoms with E-state index in [-0.39, 0.29) is 0 Å². The minimum Gasteiger partial charge on any atom is -0.0844 e. The van der Waals surface area contributed by atoms with Crippen LogP contribution < -0.4 is 0 Å². The molecule has 80 valence electrons. The van der Waals surface area contributed by atoms with E-state index in [2.05, 4.69) is 30.3 Å². The van der Waals surface area contributed by atoms with Gasteiger partial charge in [-0.3, -0.25) is 0 Å². The van der Waals surface area contributed by atoms with Crippen molar-refractivity contribution in [2.24, 2.45) is 0 Å². The summed E-state index contributed by atoms with van der Waals surface area (Å²) in [5, 5.41) is 0.850. The molecule has 1 heteroatoms. The van der Waals surface area contributed by atoms with Crippen LogP contribution >= 0.6 is 11.6 Å². The third kappa shape index (κ3) is 4.85. The fourth-order valence-corrected chi connectivity index (χ4v) is 1.34. The minimum atomic E-state index is 0.850. The monoisotopic (exact) mass is 220 g/mol. The van der Waals surface area contributed by atoms with Crippen molar-refractivity contribution in [2.45, 2.75) is 26.7 Å². The maximum absolute atomic E-state index is 5.99.